The third kappa shape index (κ3) is 4.40. The van der Waals surface area contributed by atoms with Crippen LogP contribution in [0.1, 0.15) is 38.5 Å². The van der Waals surface area contributed by atoms with Crippen molar-refractivity contribution in [3.63, 3.8) is 0 Å². The molecule has 0 spiro atoms. The van der Waals surface area contributed by atoms with Crippen LogP contribution in [0.25, 0.3) is 11.0 Å². The van der Waals surface area contributed by atoms with Crippen LogP contribution in [0.3, 0.4) is 0 Å². The van der Waals surface area contributed by atoms with Crippen LogP contribution >= 0.6 is 0 Å². The first-order chi connectivity index (χ1) is 16.2. The summed E-state index contributed by atoms with van der Waals surface area (Å²) in [5.74, 6) is -1.44. The second kappa shape index (κ2) is 8.99. The smallest absolute Gasteiger partial charge is 0.343 e. The van der Waals surface area contributed by atoms with Crippen LogP contribution in [0, 0.1) is 0 Å². The van der Waals surface area contributed by atoms with E-state index in [9.17, 15) is 19.5 Å². The Labute approximate surface area is 193 Å². The lowest BCUT2D eigenvalue weighted by Gasteiger charge is -2.08. The second-order valence-corrected chi connectivity index (χ2v) is 7.61. The van der Waals surface area contributed by atoms with Crippen LogP contribution in [0.4, 0.5) is 11.4 Å². The van der Waals surface area contributed by atoms with E-state index in [-0.39, 0.29) is 58.2 Å². The van der Waals surface area contributed by atoms with Gasteiger partial charge >= 0.3 is 5.97 Å². The number of aromatic hydroxyl groups is 1. The average Bonchev–Trinajstić information content (AvgIpc) is 3.18. The normalized spacial score (nSPS) is 10.8. The number of benzene rings is 3. The molecule has 3 aromatic carbocycles. The zero-order valence-corrected chi connectivity index (χ0v) is 17.9. The molecule has 9 heteroatoms. The first-order valence-corrected chi connectivity index (χ1v) is 10.3. The van der Waals surface area contributed by atoms with Gasteiger partial charge < -0.3 is 31.5 Å². The lowest BCUT2D eigenvalue weighted by molar-refractivity contribution is -0.118. The molecule has 0 bridgehead atoms. The molecule has 0 aliphatic heterocycles. The van der Waals surface area contributed by atoms with Crippen molar-refractivity contribution in [1.29, 1.82) is 0 Å². The number of phenolic OH excluding ortho intramolecular Hbond substituents is 1. The van der Waals surface area contributed by atoms with Crippen LogP contribution in [-0.4, -0.2) is 22.8 Å². The molecule has 0 aliphatic carbocycles. The number of esters is 1. The zero-order valence-electron chi connectivity index (χ0n) is 17.9. The number of fused-ring (bicyclic) bond motifs is 1. The number of aryl methyl sites for hydroxylation is 1. The van der Waals surface area contributed by atoms with Gasteiger partial charge in [0.25, 0.3) is 0 Å². The molecule has 0 unspecified atom stereocenters. The lowest BCUT2D eigenvalue weighted by Crippen LogP contribution is -2.12. The van der Waals surface area contributed by atoms with Gasteiger partial charge in [-0.05, 0) is 36.4 Å². The van der Waals surface area contributed by atoms with Gasteiger partial charge in [0.15, 0.2) is 11.5 Å². The molecule has 7 N–H and O–H groups in total. The molecule has 1 aromatic heterocycles. The van der Waals surface area contributed by atoms with Crippen molar-refractivity contribution >= 4 is 40.0 Å². The van der Waals surface area contributed by atoms with Crippen molar-refractivity contribution in [3.8, 4) is 11.5 Å². The molecular formula is C25H21N3O6. The highest BCUT2D eigenvalue weighted by molar-refractivity contribution is 6.17. The Morgan fingerprint density at radius 3 is 2.24 bits per heavy atom. The number of nitrogen functional groups attached to an aromatic ring is 2. The lowest BCUT2D eigenvalue weighted by atomic mass is 9.97. The predicted molar refractivity (Wildman–Crippen MR) is 125 cm³/mol. The number of phenols is 1. The van der Waals surface area contributed by atoms with Crippen LogP contribution in [0.5, 0.6) is 11.5 Å². The number of ether oxygens (including phenoxy) is 1. The van der Waals surface area contributed by atoms with Crippen molar-refractivity contribution in [2.75, 3.05) is 11.5 Å². The van der Waals surface area contributed by atoms with E-state index in [4.69, 9.17) is 26.4 Å². The molecule has 0 radical (unpaired) electrons. The monoisotopic (exact) mass is 459 g/mol. The Hall–Kier alpha value is -4.79. The number of anilines is 2. The predicted octanol–water partition coefficient (Wildman–Crippen LogP) is 3.17. The summed E-state index contributed by atoms with van der Waals surface area (Å²) in [6, 6.07) is 15.7. The molecule has 4 rings (SSSR count). The maximum absolute atomic E-state index is 13.4. The van der Waals surface area contributed by atoms with Crippen LogP contribution in [0.2, 0.25) is 0 Å². The second-order valence-electron chi connectivity index (χ2n) is 7.61. The van der Waals surface area contributed by atoms with E-state index in [1.54, 1.807) is 36.4 Å². The number of furan rings is 1. The molecule has 0 fully saturated rings. The summed E-state index contributed by atoms with van der Waals surface area (Å²) < 4.78 is 11.3. The first-order valence-electron chi connectivity index (χ1n) is 10.3. The van der Waals surface area contributed by atoms with Crippen molar-refractivity contribution in [3.05, 3.63) is 83.1 Å². The number of hydrogen-bond acceptors (Lipinski definition) is 8. The SMILES string of the molecule is NC(=O)CCc1oc2cc(OC(=O)c3ccccc3)ccc2c1C(=O)c1cc(N)c(O)c(N)c1. The topological polar surface area (TPSA) is 172 Å². The highest BCUT2D eigenvalue weighted by Crippen LogP contribution is 2.35. The van der Waals surface area contributed by atoms with Crippen LogP contribution in [0.15, 0.2) is 65.1 Å². The molecule has 4 aromatic rings. The molecule has 0 aliphatic rings. The minimum Gasteiger partial charge on any atom is -0.504 e. The molecule has 1 heterocycles. The highest BCUT2D eigenvalue weighted by Gasteiger charge is 2.24. The van der Waals surface area contributed by atoms with Gasteiger partial charge in [-0.3, -0.25) is 9.59 Å². The fraction of sp³-hybridized carbons (Fsp3) is 0.0800. The van der Waals surface area contributed by atoms with Crippen molar-refractivity contribution < 1.29 is 28.6 Å². The zero-order chi connectivity index (χ0) is 24.4. The van der Waals surface area contributed by atoms with E-state index in [1.165, 1.54) is 24.3 Å². The number of rotatable bonds is 7. The maximum Gasteiger partial charge on any atom is 0.343 e. The van der Waals surface area contributed by atoms with E-state index in [2.05, 4.69) is 0 Å². The Morgan fingerprint density at radius 1 is 0.912 bits per heavy atom. The maximum atomic E-state index is 13.4. The highest BCUT2D eigenvalue weighted by atomic mass is 16.5. The summed E-state index contributed by atoms with van der Waals surface area (Å²) in [4.78, 5) is 37.1. The number of nitrogens with two attached hydrogens (primary N) is 3. The van der Waals surface area contributed by atoms with Gasteiger partial charge in [-0.25, -0.2) is 4.79 Å². The summed E-state index contributed by atoms with van der Waals surface area (Å²) in [7, 11) is 0. The van der Waals surface area contributed by atoms with Gasteiger partial charge in [-0.1, -0.05) is 18.2 Å². The Morgan fingerprint density at radius 2 is 1.59 bits per heavy atom. The Balaban J connectivity index is 1.75. The standard InChI is InChI=1S/C25H21N3O6/c26-17-10-14(11-18(27)24(17)31)23(30)22-16-7-6-15(33-25(32)13-4-2-1-3-5-13)12-20(16)34-19(22)8-9-21(28)29/h1-7,10-12,31H,8-9,26-27H2,(H2,28,29). The molecule has 0 saturated carbocycles. The first kappa shape index (κ1) is 22.4. The van der Waals surface area contributed by atoms with Gasteiger partial charge in [0.05, 0.1) is 22.5 Å². The number of carbonyl (C=O) groups excluding carboxylic acids is 3. The fourth-order valence-electron chi connectivity index (χ4n) is 3.55. The summed E-state index contributed by atoms with van der Waals surface area (Å²) in [6.07, 6.45) is 0.0308. The van der Waals surface area contributed by atoms with E-state index >= 15 is 0 Å². The van der Waals surface area contributed by atoms with Crippen molar-refractivity contribution in [2.24, 2.45) is 5.73 Å². The van der Waals surface area contributed by atoms with E-state index < -0.39 is 17.7 Å². The number of primary amides is 1. The molecule has 9 nitrogen and oxygen atoms in total. The quantitative estimate of drug-likeness (QED) is 0.107. The number of ketones is 1. The van der Waals surface area contributed by atoms with Crippen molar-refractivity contribution in [1.82, 2.24) is 0 Å². The van der Waals surface area contributed by atoms with Gasteiger partial charge in [-0.2, -0.15) is 0 Å². The number of carbonyl (C=O) groups is 3. The molecule has 0 saturated heterocycles. The van der Waals surface area contributed by atoms with E-state index in [0.29, 0.717) is 10.9 Å². The molecule has 0 atom stereocenters. The number of hydrogen-bond donors (Lipinski definition) is 4. The van der Waals surface area contributed by atoms with Crippen LogP contribution in [-0.2, 0) is 11.2 Å². The third-order valence-corrected chi connectivity index (χ3v) is 5.21. The van der Waals surface area contributed by atoms with Gasteiger partial charge in [-0.15, -0.1) is 0 Å². The number of amides is 1. The Bertz CT molecular complexity index is 1400. The summed E-state index contributed by atoms with van der Waals surface area (Å²) >= 11 is 0. The molecule has 1 amide bonds. The minimum absolute atomic E-state index is 0.0458. The molecular weight excluding hydrogens is 438 g/mol. The minimum atomic E-state index is -0.561. The summed E-state index contributed by atoms with van der Waals surface area (Å²) in [6.45, 7) is 0. The van der Waals surface area contributed by atoms with Gasteiger partial charge in [0, 0.05) is 29.9 Å². The summed E-state index contributed by atoms with van der Waals surface area (Å²) in [5.41, 5.74) is 17.7. The third-order valence-electron chi connectivity index (χ3n) is 5.21. The van der Waals surface area contributed by atoms with Gasteiger partial charge in [0.1, 0.15) is 17.1 Å². The largest absolute Gasteiger partial charge is 0.504 e. The molecule has 34 heavy (non-hydrogen) atoms. The van der Waals surface area contributed by atoms with Crippen LogP contribution < -0.4 is 21.9 Å². The summed E-state index contributed by atoms with van der Waals surface area (Å²) in [5, 5.41) is 10.3. The Kier molecular flexibility index (Phi) is 5.92. The van der Waals surface area contributed by atoms with Gasteiger partial charge in [0.2, 0.25) is 5.91 Å². The van der Waals surface area contributed by atoms with Crippen molar-refractivity contribution in [2.45, 2.75) is 12.8 Å². The molecule has 172 valence electrons. The van der Waals surface area contributed by atoms with E-state index in [0.717, 1.165) is 0 Å². The average molecular weight is 459 g/mol. The van der Waals surface area contributed by atoms with E-state index in [1.807, 2.05) is 0 Å². The fourth-order valence-corrected chi connectivity index (χ4v) is 3.55.